The standard InChI is InChI=1S/C45H31N.C2H6/c1-3-13-35(14-4-1)46(36-15-5-2-6-16-36)37-23-21-29(22-24-37)40-28-34-26-33-20-19-32-25-30-11-7-9-17-38(30)42(32)44(33)43(34)41-27-31-12-8-10-18-39(31)45(40)41;1-2/h1-24,28H,25-27H2;1-2H3. The lowest BCUT2D eigenvalue weighted by Gasteiger charge is -2.25. The van der Waals surface area contributed by atoms with Crippen LogP contribution in [0.3, 0.4) is 0 Å². The molecule has 10 rings (SSSR count). The van der Waals surface area contributed by atoms with Gasteiger partial charge < -0.3 is 4.90 Å². The Labute approximate surface area is 283 Å². The summed E-state index contributed by atoms with van der Waals surface area (Å²) in [5, 5.41) is 0. The van der Waals surface area contributed by atoms with Crippen LogP contribution in [0.2, 0.25) is 0 Å². The van der Waals surface area contributed by atoms with Crippen molar-refractivity contribution in [2.75, 3.05) is 4.90 Å². The van der Waals surface area contributed by atoms with Crippen LogP contribution >= 0.6 is 0 Å². The van der Waals surface area contributed by atoms with Gasteiger partial charge in [-0.3, -0.25) is 0 Å². The first-order valence-electron chi connectivity index (χ1n) is 17.3. The van der Waals surface area contributed by atoms with E-state index in [4.69, 9.17) is 0 Å². The second kappa shape index (κ2) is 11.5. The third kappa shape index (κ3) is 4.38. The van der Waals surface area contributed by atoms with Crippen LogP contribution in [-0.2, 0) is 19.3 Å². The lowest BCUT2D eigenvalue weighted by atomic mass is 9.86. The van der Waals surface area contributed by atoms with Crippen molar-refractivity contribution in [3.8, 4) is 44.5 Å². The van der Waals surface area contributed by atoms with E-state index in [1.54, 1.807) is 0 Å². The molecule has 0 unspecified atom stereocenters. The van der Waals surface area contributed by atoms with Crippen molar-refractivity contribution < 1.29 is 0 Å². The highest BCUT2D eigenvalue weighted by molar-refractivity contribution is 6.03. The van der Waals surface area contributed by atoms with Gasteiger partial charge in [-0.25, -0.2) is 0 Å². The lowest BCUT2D eigenvalue weighted by Crippen LogP contribution is -2.09. The second-order valence-corrected chi connectivity index (χ2v) is 12.8. The van der Waals surface area contributed by atoms with Gasteiger partial charge in [-0.05, 0) is 140 Å². The number of hydrogen-bond donors (Lipinski definition) is 0. The molecule has 3 aliphatic rings. The fraction of sp³-hybridized carbons (Fsp3) is 0.106. The van der Waals surface area contributed by atoms with Crippen molar-refractivity contribution in [1.29, 1.82) is 0 Å². The molecule has 0 fully saturated rings. The Morgan fingerprint density at radius 2 is 0.854 bits per heavy atom. The minimum absolute atomic E-state index is 0.986. The van der Waals surface area contributed by atoms with Gasteiger partial charge in [0.15, 0.2) is 0 Å². The fourth-order valence-corrected chi connectivity index (χ4v) is 8.37. The molecule has 0 heterocycles. The van der Waals surface area contributed by atoms with Crippen molar-refractivity contribution in [3.05, 3.63) is 185 Å². The number of para-hydroxylation sites is 2. The van der Waals surface area contributed by atoms with Gasteiger partial charge in [0, 0.05) is 17.1 Å². The first-order valence-corrected chi connectivity index (χ1v) is 17.3. The zero-order valence-corrected chi connectivity index (χ0v) is 27.5. The Hall–Kier alpha value is -5.66. The zero-order chi connectivity index (χ0) is 32.2. The number of fused-ring (bicyclic) bond motifs is 11. The van der Waals surface area contributed by atoms with Crippen LogP contribution in [0.25, 0.3) is 44.5 Å². The van der Waals surface area contributed by atoms with Gasteiger partial charge in [0.05, 0.1) is 0 Å². The molecule has 0 aromatic heterocycles. The normalized spacial score (nSPS) is 12.5. The predicted molar refractivity (Wildman–Crippen MR) is 203 cm³/mol. The van der Waals surface area contributed by atoms with Crippen molar-refractivity contribution in [2.45, 2.75) is 33.1 Å². The van der Waals surface area contributed by atoms with E-state index in [9.17, 15) is 0 Å². The van der Waals surface area contributed by atoms with Crippen molar-refractivity contribution in [2.24, 2.45) is 0 Å². The number of anilines is 3. The Morgan fingerprint density at radius 3 is 1.50 bits per heavy atom. The third-order valence-corrected chi connectivity index (χ3v) is 10.3. The van der Waals surface area contributed by atoms with E-state index in [2.05, 4.69) is 157 Å². The van der Waals surface area contributed by atoms with E-state index in [1.807, 2.05) is 13.8 Å². The Kier molecular flexibility index (Phi) is 6.87. The molecule has 0 saturated carbocycles. The van der Waals surface area contributed by atoms with Gasteiger partial charge in [0.2, 0.25) is 0 Å². The molecule has 1 heteroatoms. The Bertz CT molecular complexity index is 2270. The van der Waals surface area contributed by atoms with Gasteiger partial charge in [-0.2, -0.15) is 0 Å². The maximum Gasteiger partial charge on any atom is 0.0462 e. The number of rotatable bonds is 4. The molecule has 3 aliphatic carbocycles. The van der Waals surface area contributed by atoms with Crippen molar-refractivity contribution in [1.82, 2.24) is 0 Å². The summed E-state index contributed by atoms with van der Waals surface area (Å²) in [6.45, 7) is 4.00. The molecule has 0 radical (unpaired) electrons. The van der Waals surface area contributed by atoms with E-state index in [0.29, 0.717) is 0 Å². The van der Waals surface area contributed by atoms with Crippen LogP contribution < -0.4 is 4.90 Å². The molecule has 0 saturated heterocycles. The van der Waals surface area contributed by atoms with Crippen LogP contribution in [-0.4, -0.2) is 0 Å². The Balaban J connectivity index is 0.00000154. The fourth-order valence-electron chi connectivity index (χ4n) is 8.37. The summed E-state index contributed by atoms with van der Waals surface area (Å²) in [6.07, 6.45) is 3.01. The van der Waals surface area contributed by atoms with E-state index in [-0.39, 0.29) is 0 Å². The summed E-state index contributed by atoms with van der Waals surface area (Å²) in [6, 6.07) is 55.9. The van der Waals surface area contributed by atoms with Crippen molar-refractivity contribution >= 4 is 17.1 Å². The number of benzene rings is 7. The average Bonchev–Trinajstić information content (AvgIpc) is 3.84. The predicted octanol–water partition coefficient (Wildman–Crippen LogP) is 12.6. The summed E-state index contributed by atoms with van der Waals surface area (Å²) in [4.78, 5) is 2.33. The summed E-state index contributed by atoms with van der Waals surface area (Å²) in [5.41, 5.74) is 23.6. The largest absolute Gasteiger partial charge is 0.311 e. The van der Waals surface area contributed by atoms with Crippen molar-refractivity contribution in [3.63, 3.8) is 0 Å². The van der Waals surface area contributed by atoms with Gasteiger partial charge in [-0.1, -0.05) is 123 Å². The molecule has 0 spiro atoms. The first-order chi connectivity index (χ1) is 23.8. The van der Waals surface area contributed by atoms with Crippen LogP contribution in [0.5, 0.6) is 0 Å². The lowest BCUT2D eigenvalue weighted by molar-refractivity contribution is 1.23. The van der Waals surface area contributed by atoms with Crippen LogP contribution in [0, 0.1) is 0 Å². The van der Waals surface area contributed by atoms with Crippen LogP contribution in [0.4, 0.5) is 17.1 Å². The first kappa shape index (κ1) is 28.6. The van der Waals surface area contributed by atoms with E-state index in [0.717, 1.165) is 36.3 Å². The highest BCUT2D eigenvalue weighted by atomic mass is 15.1. The number of hydrogen-bond acceptors (Lipinski definition) is 1. The van der Waals surface area contributed by atoms with E-state index >= 15 is 0 Å². The number of nitrogens with zero attached hydrogens (tertiary/aromatic N) is 1. The monoisotopic (exact) mass is 615 g/mol. The quantitative estimate of drug-likeness (QED) is 0.190. The molecule has 1 nitrogen and oxygen atoms in total. The van der Waals surface area contributed by atoms with Gasteiger partial charge >= 0.3 is 0 Å². The molecule has 7 aromatic carbocycles. The molecule has 0 aliphatic heterocycles. The SMILES string of the molecule is CC.c1ccc(N(c2ccccc2)c2ccc(-c3cc4c(c5c3-c3ccccc3C5)-c3c(ccc5c3-c3ccccc3C5)C4)cc2)cc1. The van der Waals surface area contributed by atoms with Crippen LogP contribution in [0.15, 0.2) is 152 Å². The van der Waals surface area contributed by atoms with Crippen LogP contribution in [0.1, 0.15) is 47.2 Å². The molecule has 7 aromatic rings. The summed E-state index contributed by atoms with van der Waals surface area (Å²) in [5.74, 6) is 0. The summed E-state index contributed by atoms with van der Waals surface area (Å²) >= 11 is 0. The molecular weight excluding hydrogens is 579 g/mol. The highest BCUT2D eigenvalue weighted by Crippen LogP contribution is 2.55. The summed E-state index contributed by atoms with van der Waals surface area (Å²) < 4.78 is 0. The molecular formula is C47H37N. The van der Waals surface area contributed by atoms with Gasteiger partial charge in [0.25, 0.3) is 0 Å². The minimum Gasteiger partial charge on any atom is -0.311 e. The summed E-state index contributed by atoms with van der Waals surface area (Å²) in [7, 11) is 0. The van der Waals surface area contributed by atoms with E-state index in [1.165, 1.54) is 77.9 Å². The third-order valence-electron chi connectivity index (χ3n) is 10.3. The molecule has 230 valence electrons. The topological polar surface area (TPSA) is 3.24 Å². The second-order valence-electron chi connectivity index (χ2n) is 12.8. The molecule has 0 atom stereocenters. The maximum absolute atomic E-state index is 2.52. The van der Waals surface area contributed by atoms with E-state index < -0.39 is 0 Å². The highest BCUT2D eigenvalue weighted by Gasteiger charge is 2.35. The average molecular weight is 616 g/mol. The smallest absolute Gasteiger partial charge is 0.0462 e. The molecule has 0 bridgehead atoms. The Morgan fingerprint density at radius 1 is 0.354 bits per heavy atom. The maximum atomic E-state index is 2.52. The molecule has 0 amide bonds. The minimum atomic E-state index is 0.986. The zero-order valence-electron chi connectivity index (χ0n) is 27.5. The van der Waals surface area contributed by atoms with Gasteiger partial charge in [0.1, 0.15) is 0 Å². The molecule has 48 heavy (non-hydrogen) atoms. The molecule has 0 N–H and O–H groups in total. The van der Waals surface area contributed by atoms with Gasteiger partial charge in [-0.15, -0.1) is 0 Å².